The fourth-order valence-corrected chi connectivity index (χ4v) is 7.14. The number of carbonyl (C=O) groups is 1. The number of rotatable bonds is 9. The second kappa shape index (κ2) is 11.6. The van der Waals surface area contributed by atoms with Gasteiger partial charge in [-0.05, 0) is 74.3 Å². The lowest BCUT2D eigenvalue weighted by Gasteiger charge is -2.27. The average molecular weight is 490 g/mol. The lowest BCUT2D eigenvalue weighted by Crippen LogP contribution is -2.36. The monoisotopic (exact) mass is 489 g/mol. The summed E-state index contributed by atoms with van der Waals surface area (Å²) in [6.45, 7) is 4.02. The van der Waals surface area contributed by atoms with Crippen molar-refractivity contribution in [1.29, 1.82) is 0 Å². The Morgan fingerprint density at radius 3 is 2.24 bits per heavy atom. The first-order valence-electron chi connectivity index (χ1n) is 12.2. The van der Waals surface area contributed by atoms with Crippen LogP contribution in [-0.2, 0) is 21.2 Å². The summed E-state index contributed by atoms with van der Waals surface area (Å²) in [6.07, 6.45) is 7.49. The maximum atomic E-state index is 12.9. The van der Waals surface area contributed by atoms with Crippen molar-refractivity contribution in [2.45, 2.75) is 62.3 Å². The number of sulfonamides is 1. The van der Waals surface area contributed by atoms with Crippen molar-refractivity contribution in [3.05, 3.63) is 52.2 Å². The molecular weight excluding hydrogens is 454 g/mol. The molecule has 0 spiro atoms. The highest BCUT2D eigenvalue weighted by Crippen LogP contribution is 2.28. The summed E-state index contributed by atoms with van der Waals surface area (Å²) in [5.74, 6) is 0.0389. The zero-order valence-corrected chi connectivity index (χ0v) is 20.9. The van der Waals surface area contributed by atoms with Crippen LogP contribution in [0.25, 0.3) is 0 Å². The molecule has 1 amide bonds. The number of hydrogen-bond donors (Lipinski definition) is 1. The van der Waals surface area contributed by atoms with E-state index in [9.17, 15) is 13.2 Å². The molecule has 2 aliphatic rings. The second-order valence-corrected chi connectivity index (χ2v) is 12.0. The molecule has 3 heterocycles. The largest absolute Gasteiger partial charge is 0.354 e. The van der Waals surface area contributed by atoms with Crippen LogP contribution < -0.4 is 5.32 Å². The number of nitrogens with one attached hydrogen (secondary N) is 1. The number of amides is 1. The molecule has 1 aromatic carbocycles. The van der Waals surface area contributed by atoms with Crippen LogP contribution in [0, 0.1) is 0 Å². The van der Waals surface area contributed by atoms with Gasteiger partial charge < -0.3 is 5.32 Å². The van der Waals surface area contributed by atoms with Gasteiger partial charge in [0.25, 0.3) is 0 Å². The second-order valence-electron chi connectivity index (χ2n) is 9.04. The van der Waals surface area contributed by atoms with Crippen LogP contribution in [0.5, 0.6) is 0 Å². The fourth-order valence-electron chi connectivity index (χ4n) is 4.76. The molecule has 2 fully saturated rings. The zero-order chi connectivity index (χ0) is 23.1. The molecule has 1 unspecified atom stereocenters. The van der Waals surface area contributed by atoms with E-state index in [-0.39, 0.29) is 11.9 Å². The van der Waals surface area contributed by atoms with E-state index in [4.69, 9.17) is 0 Å². The van der Waals surface area contributed by atoms with E-state index in [2.05, 4.69) is 27.7 Å². The van der Waals surface area contributed by atoms with Crippen LogP contribution in [0.2, 0.25) is 0 Å². The molecule has 0 radical (unpaired) electrons. The number of benzene rings is 1. The molecule has 0 saturated carbocycles. The summed E-state index contributed by atoms with van der Waals surface area (Å²) in [4.78, 5) is 16.7. The molecule has 0 bridgehead atoms. The van der Waals surface area contributed by atoms with Gasteiger partial charge in [0.05, 0.1) is 10.9 Å². The Kier molecular flexibility index (Phi) is 8.57. The molecular formula is C25H35N3O3S2. The molecule has 8 heteroatoms. The van der Waals surface area contributed by atoms with Crippen molar-refractivity contribution >= 4 is 27.3 Å². The summed E-state index contributed by atoms with van der Waals surface area (Å²) >= 11 is 1.75. The van der Waals surface area contributed by atoms with E-state index in [1.807, 2.05) is 12.1 Å². The molecule has 0 aliphatic carbocycles. The maximum Gasteiger partial charge on any atom is 0.243 e. The highest BCUT2D eigenvalue weighted by atomic mass is 32.2. The van der Waals surface area contributed by atoms with E-state index >= 15 is 0 Å². The predicted molar refractivity (Wildman–Crippen MR) is 133 cm³/mol. The van der Waals surface area contributed by atoms with Gasteiger partial charge in [0.15, 0.2) is 0 Å². The molecule has 2 aromatic rings. The zero-order valence-electron chi connectivity index (χ0n) is 19.2. The lowest BCUT2D eigenvalue weighted by molar-refractivity contribution is -0.121. The summed E-state index contributed by atoms with van der Waals surface area (Å²) < 4.78 is 27.5. The third kappa shape index (κ3) is 6.44. The summed E-state index contributed by atoms with van der Waals surface area (Å²) in [5.41, 5.74) is 0.981. The van der Waals surface area contributed by atoms with Crippen LogP contribution in [0.3, 0.4) is 0 Å². The van der Waals surface area contributed by atoms with Crippen molar-refractivity contribution in [3.8, 4) is 0 Å². The Labute approximate surface area is 202 Å². The minimum atomic E-state index is -3.43. The fraction of sp³-hybridized carbons (Fsp3) is 0.560. The number of hydrogen-bond acceptors (Lipinski definition) is 5. The highest BCUT2D eigenvalue weighted by Gasteiger charge is 2.26. The molecule has 4 rings (SSSR count). The summed E-state index contributed by atoms with van der Waals surface area (Å²) in [7, 11) is -3.43. The van der Waals surface area contributed by atoms with Gasteiger partial charge >= 0.3 is 0 Å². The number of carbonyl (C=O) groups excluding carboxylic acids is 1. The van der Waals surface area contributed by atoms with Crippen LogP contribution >= 0.6 is 11.3 Å². The molecule has 1 N–H and O–H groups in total. The van der Waals surface area contributed by atoms with Crippen LogP contribution in [-0.4, -0.2) is 56.3 Å². The van der Waals surface area contributed by atoms with Crippen molar-refractivity contribution < 1.29 is 13.2 Å². The minimum absolute atomic E-state index is 0.0389. The molecule has 2 saturated heterocycles. The van der Waals surface area contributed by atoms with Crippen LogP contribution in [0.15, 0.2) is 46.7 Å². The maximum absolute atomic E-state index is 12.9. The van der Waals surface area contributed by atoms with Gasteiger partial charge in [-0.3, -0.25) is 9.69 Å². The minimum Gasteiger partial charge on any atom is -0.354 e. The topological polar surface area (TPSA) is 69.7 Å². The van der Waals surface area contributed by atoms with Gasteiger partial charge in [-0.1, -0.05) is 31.0 Å². The summed E-state index contributed by atoms with van der Waals surface area (Å²) in [6, 6.07) is 11.5. The normalized spacial score (nSPS) is 19.3. The Morgan fingerprint density at radius 1 is 0.939 bits per heavy atom. The van der Waals surface area contributed by atoms with Gasteiger partial charge in [-0.2, -0.15) is 4.31 Å². The lowest BCUT2D eigenvalue weighted by atomic mass is 10.1. The molecule has 6 nitrogen and oxygen atoms in total. The third-order valence-corrected chi connectivity index (χ3v) is 9.60. The SMILES string of the molecule is O=C(CCc1ccc(S(=O)(=O)N2CCCCCC2)cc1)NCC(c1cccs1)N1CCCC1. The first kappa shape index (κ1) is 24.4. The molecule has 1 atom stereocenters. The van der Waals surface area contributed by atoms with Gasteiger partial charge in [-0.25, -0.2) is 8.42 Å². The number of nitrogens with zero attached hydrogens (tertiary/aromatic N) is 2. The third-order valence-electron chi connectivity index (χ3n) is 6.71. The van der Waals surface area contributed by atoms with E-state index in [1.165, 1.54) is 17.7 Å². The van der Waals surface area contributed by atoms with Crippen LogP contribution in [0.4, 0.5) is 0 Å². The van der Waals surface area contributed by atoms with Crippen molar-refractivity contribution in [1.82, 2.24) is 14.5 Å². The van der Waals surface area contributed by atoms with Gasteiger partial charge in [0, 0.05) is 30.9 Å². The van der Waals surface area contributed by atoms with Gasteiger partial charge in [-0.15, -0.1) is 11.3 Å². The molecule has 2 aliphatic heterocycles. The number of thiophene rings is 1. The Hall–Kier alpha value is -1.74. The number of likely N-dealkylation sites (tertiary alicyclic amines) is 1. The quantitative estimate of drug-likeness (QED) is 0.573. The smallest absolute Gasteiger partial charge is 0.243 e. The molecule has 1 aromatic heterocycles. The summed E-state index contributed by atoms with van der Waals surface area (Å²) in [5, 5.41) is 5.22. The predicted octanol–water partition coefficient (Wildman–Crippen LogP) is 4.20. The average Bonchev–Trinajstić information content (AvgIpc) is 3.48. The van der Waals surface area contributed by atoms with Crippen molar-refractivity contribution in [2.24, 2.45) is 0 Å². The van der Waals surface area contributed by atoms with Crippen LogP contribution in [0.1, 0.15) is 61.4 Å². The van der Waals surface area contributed by atoms with Gasteiger partial charge in [0.1, 0.15) is 0 Å². The number of aryl methyl sites for hydroxylation is 1. The molecule has 33 heavy (non-hydrogen) atoms. The first-order chi connectivity index (χ1) is 16.0. The van der Waals surface area contributed by atoms with E-state index in [0.29, 0.717) is 37.4 Å². The standard InChI is InChI=1S/C25H35N3O3S2/c29-25(26-20-23(24-8-7-19-32-24)27-15-5-6-16-27)14-11-21-9-12-22(13-10-21)33(30,31)28-17-3-1-2-4-18-28/h7-10,12-13,19,23H,1-6,11,14-18,20H2,(H,26,29). The van der Waals surface area contributed by atoms with Gasteiger partial charge in [0.2, 0.25) is 15.9 Å². The Morgan fingerprint density at radius 2 is 1.61 bits per heavy atom. The Balaban J connectivity index is 1.28. The van der Waals surface area contributed by atoms with Crippen molar-refractivity contribution in [3.63, 3.8) is 0 Å². The Bertz CT molecular complexity index is 976. The van der Waals surface area contributed by atoms with E-state index in [1.54, 1.807) is 27.8 Å². The highest BCUT2D eigenvalue weighted by molar-refractivity contribution is 7.89. The van der Waals surface area contributed by atoms with E-state index < -0.39 is 10.0 Å². The van der Waals surface area contributed by atoms with E-state index in [0.717, 1.165) is 44.3 Å². The van der Waals surface area contributed by atoms with Crippen molar-refractivity contribution in [2.75, 3.05) is 32.7 Å². The first-order valence-corrected chi connectivity index (χ1v) is 14.5. The molecule has 180 valence electrons.